The van der Waals surface area contributed by atoms with E-state index < -0.39 is 3.79 Å². The molecule has 0 aromatic heterocycles. The third-order valence-electron chi connectivity index (χ3n) is 3.04. The van der Waals surface area contributed by atoms with Crippen molar-refractivity contribution in [2.75, 3.05) is 12.3 Å². The zero-order chi connectivity index (χ0) is 13.2. The zero-order valence-corrected chi connectivity index (χ0v) is 13.3. The van der Waals surface area contributed by atoms with Gasteiger partial charge in [-0.05, 0) is 36.6 Å². The Kier molecular flexibility index (Phi) is 5.13. The predicted octanol–water partition coefficient (Wildman–Crippen LogP) is 4.23. The van der Waals surface area contributed by atoms with Gasteiger partial charge < -0.3 is 5.32 Å². The van der Waals surface area contributed by atoms with E-state index in [0.29, 0.717) is 0 Å². The first kappa shape index (κ1) is 14.8. The first-order chi connectivity index (χ1) is 8.50. The molecule has 1 aliphatic rings. The molecule has 18 heavy (non-hydrogen) atoms. The van der Waals surface area contributed by atoms with Crippen LogP contribution in [0.1, 0.15) is 18.1 Å². The van der Waals surface area contributed by atoms with Gasteiger partial charge in [0.1, 0.15) is 0 Å². The highest BCUT2D eigenvalue weighted by Gasteiger charge is 2.32. The molecule has 1 aromatic rings. The molecule has 100 valence electrons. The van der Waals surface area contributed by atoms with E-state index >= 15 is 0 Å². The van der Waals surface area contributed by atoms with Crippen molar-refractivity contribution in [3.63, 3.8) is 0 Å². The topological polar surface area (TPSA) is 12.0 Å². The van der Waals surface area contributed by atoms with Crippen molar-refractivity contribution >= 4 is 46.6 Å². The van der Waals surface area contributed by atoms with Crippen LogP contribution in [0.25, 0.3) is 0 Å². The molecule has 1 N–H and O–H groups in total. The molecule has 0 amide bonds. The SMILES string of the molecule is CCNC(Cc1ccc2c(c1)CCS2)C(Cl)(Cl)Cl. The number of nitrogens with one attached hydrogen (secondary N) is 1. The van der Waals surface area contributed by atoms with E-state index in [1.807, 2.05) is 18.7 Å². The van der Waals surface area contributed by atoms with Gasteiger partial charge in [0.15, 0.2) is 0 Å². The van der Waals surface area contributed by atoms with Gasteiger partial charge in [-0.3, -0.25) is 0 Å². The van der Waals surface area contributed by atoms with Gasteiger partial charge >= 0.3 is 0 Å². The van der Waals surface area contributed by atoms with Crippen LogP contribution >= 0.6 is 46.6 Å². The van der Waals surface area contributed by atoms with Crippen LogP contribution in [0.15, 0.2) is 23.1 Å². The van der Waals surface area contributed by atoms with Crippen molar-refractivity contribution in [3.8, 4) is 0 Å². The molecule has 1 aromatic carbocycles. The Morgan fingerprint density at radius 3 is 2.83 bits per heavy atom. The minimum atomic E-state index is -1.27. The van der Waals surface area contributed by atoms with Gasteiger partial charge in [0.2, 0.25) is 3.79 Å². The molecule has 0 spiro atoms. The second kappa shape index (κ2) is 6.23. The number of rotatable bonds is 4. The van der Waals surface area contributed by atoms with Crippen molar-refractivity contribution in [1.29, 1.82) is 0 Å². The average molecular weight is 325 g/mol. The molecular weight excluding hydrogens is 309 g/mol. The number of thioether (sulfide) groups is 1. The second-order valence-corrected chi connectivity index (χ2v) is 7.90. The molecule has 2 rings (SSSR count). The fourth-order valence-electron chi connectivity index (χ4n) is 2.15. The molecule has 0 aliphatic carbocycles. The minimum absolute atomic E-state index is 0.153. The summed E-state index contributed by atoms with van der Waals surface area (Å²) < 4.78 is -1.27. The summed E-state index contributed by atoms with van der Waals surface area (Å²) in [6.45, 7) is 2.81. The first-order valence-corrected chi connectivity index (χ1v) is 8.17. The highest BCUT2D eigenvalue weighted by atomic mass is 35.6. The van der Waals surface area contributed by atoms with E-state index in [1.165, 1.54) is 21.8 Å². The van der Waals surface area contributed by atoms with Crippen molar-refractivity contribution in [3.05, 3.63) is 29.3 Å². The van der Waals surface area contributed by atoms with Crippen molar-refractivity contribution < 1.29 is 0 Å². The summed E-state index contributed by atoms with van der Waals surface area (Å²) in [7, 11) is 0. The van der Waals surface area contributed by atoms with E-state index in [1.54, 1.807) is 0 Å². The standard InChI is InChI=1S/C13H16Cl3NS/c1-2-17-12(13(14,15)16)8-9-3-4-11-10(7-9)5-6-18-11/h3-4,7,12,17H,2,5-6,8H2,1H3. The number of benzene rings is 1. The van der Waals surface area contributed by atoms with Crippen molar-refractivity contribution in [2.45, 2.75) is 34.5 Å². The third-order valence-corrected chi connectivity index (χ3v) is 4.95. The fourth-order valence-corrected chi connectivity index (χ4v) is 3.67. The molecule has 1 nitrogen and oxygen atoms in total. The first-order valence-electron chi connectivity index (χ1n) is 6.05. The summed E-state index contributed by atoms with van der Waals surface area (Å²) in [6, 6.07) is 6.41. The zero-order valence-electron chi connectivity index (χ0n) is 10.2. The lowest BCUT2D eigenvalue weighted by atomic mass is 10.0. The number of hydrogen-bond donors (Lipinski definition) is 1. The van der Waals surface area contributed by atoms with E-state index in [-0.39, 0.29) is 6.04 Å². The van der Waals surface area contributed by atoms with Crippen LogP contribution in [0.4, 0.5) is 0 Å². The molecule has 1 unspecified atom stereocenters. The van der Waals surface area contributed by atoms with Crippen LogP contribution in [0.2, 0.25) is 0 Å². The number of halogens is 3. The number of fused-ring (bicyclic) bond motifs is 1. The summed E-state index contributed by atoms with van der Waals surface area (Å²) in [5.41, 5.74) is 2.66. The van der Waals surface area contributed by atoms with Gasteiger partial charge in [-0.25, -0.2) is 0 Å². The minimum Gasteiger partial charge on any atom is -0.310 e. The highest BCUT2D eigenvalue weighted by molar-refractivity contribution is 7.99. The Balaban J connectivity index is 2.11. The fraction of sp³-hybridized carbons (Fsp3) is 0.538. The maximum Gasteiger partial charge on any atom is 0.205 e. The summed E-state index contributed by atoms with van der Waals surface area (Å²) in [5, 5.41) is 3.24. The summed E-state index contributed by atoms with van der Waals surface area (Å²) >= 11 is 19.9. The van der Waals surface area contributed by atoms with Crippen LogP contribution in [0.3, 0.4) is 0 Å². The quantitative estimate of drug-likeness (QED) is 0.832. The Bertz CT molecular complexity index is 417. The van der Waals surface area contributed by atoms with Crippen LogP contribution in [-0.2, 0) is 12.8 Å². The van der Waals surface area contributed by atoms with Gasteiger partial charge in [-0.15, -0.1) is 11.8 Å². The lowest BCUT2D eigenvalue weighted by Crippen LogP contribution is -2.41. The molecular formula is C13H16Cl3NS. The molecule has 1 heterocycles. The number of likely N-dealkylation sites (N-methyl/N-ethyl adjacent to an activating group) is 1. The molecule has 0 saturated carbocycles. The molecule has 0 saturated heterocycles. The molecule has 0 fully saturated rings. The van der Waals surface area contributed by atoms with E-state index in [4.69, 9.17) is 34.8 Å². The molecule has 1 aliphatic heterocycles. The second-order valence-electron chi connectivity index (χ2n) is 4.40. The number of hydrogen-bond acceptors (Lipinski definition) is 2. The van der Waals surface area contributed by atoms with Crippen LogP contribution in [0.5, 0.6) is 0 Å². The van der Waals surface area contributed by atoms with Crippen LogP contribution < -0.4 is 5.32 Å². The molecule has 1 atom stereocenters. The predicted molar refractivity (Wildman–Crippen MR) is 82.3 cm³/mol. The Hall–Kier alpha value is 0.400. The van der Waals surface area contributed by atoms with Crippen molar-refractivity contribution in [2.24, 2.45) is 0 Å². The van der Waals surface area contributed by atoms with Crippen LogP contribution in [-0.4, -0.2) is 22.1 Å². The Morgan fingerprint density at radius 2 is 2.17 bits per heavy atom. The average Bonchev–Trinajstić information content (AvgIpc) is 2.74. The lowest BCUT2D eigenvalue weighted by Gasteiger charge is -2.25. The highest BCUT2D eigenvalue weighted by Crippen LogP contribution is 2.34. The third kappa shape index (κ3) is 3.71. The molecule has 0 bridgehead atoms. The van der Waals surface area contributed by atoms with Gasteiger partial charge in [-0.2, -0.15) is 0 Å². The van der Waals surface area contributed by atoms with E-state index in [9.17, 15) is 0 Å². The maximum absolute atomic E-state index is 6.01. The monoisotopic (exact) mass is 323 g/mol. The van der Waals surface area contributed by atoms with Gasteiger partial charge in [0.25, 0.3) is 0 Å². The number of alkyl halides is 3. The van der Waals surface area contributed by atoms with Gasteiger partial charge in [-0.1, -0.05) is 53.9 Å². The molecule has 0 radical (unpaired) electrons. The summed E-state index contributed by atoms with van der Waals surface area (Å²) in [5.74, 6) is 1.18. The van der Waals surface area contributed by atoms with Crippen LogP contribution in [0, 0.1) is 0 Å². The van der Waals surface area contributed by atoms with E-state index in [0.717, 1.165) is 19.4 Å². The summed E-state index contributed by atoms with van der Waals surface area (Å²) in [6.07, 6.45) is 1.88. The van der Waals surface area contributed by atoms with E-state index in [2.05, 4.69) is 23.5 Å². The van der Waals surface area contributed by atoms with Gasteiger partial charge in [0, 0.05) is 10.6 Å². The number of aryl methyl sites for hydroxylation is 1. The lowest BCUT2D eigenvalue weighted by molar-refractivity contribution is 0.532. The normalized spacial score (nSPS) is 16.7. The Labute approximate surface area is 128 Å². The summed E-state index contributed by atoms with van der Waals surface area (Å²) in [4.78, 5) is 1.40. The largest absolute Gasteiger partial charge is 0.310 e. The molecule has 5 heteroatoms. The van der Waals surface area contributed by atoms with Gasteiger partial charge in [0.05, 0.1) is 6.04 Å². The maximum atomic E-state index is 6.01. The smallest absolute Gasteiger partial charge is 0.205 e. The van der Waals surface area contributed by atoms with Crippen molar-refractivity contribution in [1.82, 2.24) is 5.32 Å². The Morgan fingerprint density at radius 1 is 1.39 bits per heavy atom.